The van der Waals surface area contributed by atoms with Crippen molar-refractivity contribution in [3.63, 3.8) is 0 Å². The zero-order valence-electron chi connectivity index (χ0n) is 22.8. The van der Waals surface area contributed by atoms with Crippen LogP contribution in [-0.2, 0) is 14.2 Å². The number of aryl methyl sites for hydroxylation is 1. The van der Waals surface area contributed by atoms with Crippen LogP contribution in [0.5, 0.6) is 5.75 Å². The van der Waals surface area contributed by atoms with Crippen molar-refractivity contribution in [1.82, 2.24) is 0 Å². The summed E-state index contributed by atoms with van der Waals surface area (Å²) < 4.78 is 18.0. The molecule has 6 heteroatoms. The average Bonchev–Trinajstić information content (AvgIpc) is 2.83. The van der Waals surface area contributed by atoms with Crippen molar-refractivity contribution in [1.29, 1.82) is 0 Å². The molecule has 202 valence electrons. The van der Waals surface area contributed by atoms with Crippen molar-refractivity contribution in [2.45, 2.75) is 97.2 Å². The minimum absolute atomic E-state index is 0.0379. The Labute approximate surface area is 221 Å². The minimum atomic E-state index is -0.638. The lowest BCUT2D eigenvalue weighted by Crippen LogP contribution is -2.52. The molecule has 1 spiro atoms. The summed E-state index contributed by atoms with van der Waals surface area (Å²) >= 11 is 0. The fraction of sp³-hybridized carbons (Fsp3) is 0.581. The molecule has 1 aromatic carbocycles. The molecule has 6 unspecified atom stereocenters. The van der Waals surface area contributed by atoms with Gasteiger partial charge in [-0.25, -0.2) is 4.79 Å². The van der Waals surface area contributed by atoms with E-state index in [0.717, 1.165) is 36.8 Å². The van der Waals surface area contributed by atoms with Gasteiger partial charge in [-0.15, -0.1) is 0 Å². The number of aromatic hydroxyl groups is 1. The third-order valence-corrected chi connectivity index (χ3v) is 8.02. The molecule has 37 heavy (non-hydrogen) atoms. The second-order valence-electron chi connectivity index (χ2n) is 11.4. The highest BCUT2D eigenvalue weighted by Gasteiger charge is 2.46. The number of ether oxygens (including phenoxy) is 3. The number of allylic oxidation sites excluding steroid dienone is 4. The van der Waals surface area contributed by atoms with E-state index >= 15 is 0 Å². The van der Waals surface area contributed by atoms with E-state index in [4.69, 9.17) is 14.2 Å². The summed E-state index contributed by atoms with van der Waals surface area (Å²) in [5.41, 5.74) is 4.03. The smallest absolute Gasteiger partial charge is 0.339 e. The number of phenols is 1. The van der Waals surface area contributed by atoms with Gasteiger partial charge in [0.2, 0.25) is 0 Å². The predicted molar refractivity (Wildman–Crippen MR) is 144 cm³/mol. The van der Waals surface area contributed by atoms with Crippen LogP contribution in [0, 0.1) is 18.8 Å². The number of cyclic esters (lactones) is 1. The van der Waals surface area contributed by atoms with Gasteiger partial charge >= 0.3 is 5.97 Å². The molecule has 0 amide bonds. The maximum Gasteiger partial charge on any atom is 0.339 e. The largest absolute Gasteiger partial charge is 0.508 e. The number of phenolic OH excluding ortho intramolecular Hbond substituents is 1. The van der Waals surface area contributed by atoms with Gasteiger partial charge in [0.1, 0.15) is 12.4 Å². The van der Waals surface area contributed by atoms with Crippen molar-refractivity contribution < 1.29 is 29.2 Å². The second kappa shape index (κ2) is 11.5. The second-order valence-corrected chi connectivity index (χ2v) is 11.4. The van der Waals surface area contributed by atoms with E-state index in [-0.39, 0.29) is 30.5 Å². The first-order chi connectivity index (χ1) is 17.5. The Balaban J connectivity index is 1.33. The number of esters is 1. The highest BCUT2D eigenvalue weighted by Crippen LogP contribution is 2.41. The van der Waals surface area contributed by atoms with Gasteiger partial charge in [0, 0.05) is 19.3 Å². The first-order valence-electron chi connectivity index (χ1n) is 13.6. The summed E-state index contributed by atoms with van der Waals surface area (Å²) in [4.78, 5) is 12.1. The molecule has 0 saturated carbocycles. The summed E-state index contributed by atoms with van der Waals surface area (Å²) in [6, 6.07) is 3.33. The van der Waals surface area contributed by atoms with E-state index in [1.807, 2.05) is 12.2 Å². The molecule has 0 radical (unpaired) electrons. The van der Waals surface area contributed by atoms with E-state index in [2.05, 4.69) is 39.8 Å². The Morgan fingerprint density at radius 3 is 2.78 bits per heavy atom. The number of benzene rings is 1. The Hall–Kier alpha value is -2.41. The van der Waals surface area contributed by atoms with Crippen LogP contribution in [0.1, 0.15) is 87.7 Å². The molecule has 3 aliphatic heterocycles. The number of aliphatic hydroxyl groups is 1. The van der Waals surface area contributed by atoms with Crippen LogP contribution in [0.15, 0.2) is 42.0 Å². The van der Waals surface area contributed by atoms with Gasteiger partial charge in [0.25, 0.3) is 0 Å². The standard InChI is InChI=1S/C31H42O6/c1-19(7-6-8-24-18-35-30(34)28-14-22(4)29(33)16-27(24)28)13-20(2)9-10-26-15-25(32)17-31(37-26)12-11-21(3)23(5)36-31/h6-9,14,16,19,21,23,25-26,32-33H,10-13,15,17-18H2,1-5H3. The van der Waals surface area contributed by atoms with Gasteiger partial charge < -0.3 is 24.4 Å². The van der Waals surface area contributed by atoms with Gasteiger partial charge in [-0.05, 0) is 80.7 Å². The zero-order valence-corrected chi connectivity index (χ0v) is 22.8. The molecule has 6 nitrogen and oxygen atoms in total. The van der Waals surface area contributed by atoms with Crippen LogP contribution in [0.4, 0.5) is 0 Å². The van der Waals surface area contributed by atoms with Crippen LogP contribution < -0.4 is 0 Å². The SMILES string of the molecule is CC(=CCC1CC(O)CC2(CCC(C)C(C)O2)O1)CC(C)C=CC=C1COC(=O)c2cc(C)c(O)cc21. The average molecular weight is 511 g/mol. The van der Waals surface area contributed by atoms with Crippen molar-refractivity contribution in [3.05, 3.63) is 58.7 Å². The molecule has 4 rings (SSSR count). The normalized spacial score (nSPS) is 32.5. The molecule has 0 aromatic heterocycles. The number of fused-ring (bicyclic) bond motifs is 1. The van der Waals surface area contributed by atoms with E-state index < -0.39 is 11.9 Å². The number of hydrogen-bond donors (Lipinski definition) is 2. The van der Waals surface area contributed by atoms with Crippen LogP contribution in [0.25, 0.3) is 5.57 Å². The van der Waals surface area contributed by atoms with Crippen LogP contribution in [0.2, 0.25) is 0 Å². The monoisotopic (exact) mass is 510 g/mol. The van der Waals surface area contributed by atoms with Crippen molar-refractivity contribution in [2.75, 3.05) is 6.61 Å². The van der Waals surface area contributed by atoms with Gasteiger partial charge in [0.15, 0.2) is 5.79 Å². The van der Waals surface area contributed by atoms with Gasteiger partial charge in [-0.2, -0.15) is 0 Å². The molecular formula is C31H42O6. The third kappa shape index (κ3) is 6.73. The summed E-state index contributed by atoms with van der Waals surface area (Å²) in [6.45, 7) is 10.6. The topological polar surface area (TPSA) is 85.2 Å². The molecule has 0 aliphatic carbocycles. The quantitative estimate of drug-likeness (QED) is 0.348. The van der Waals surface area contributed by atoms with E-state index in [1.54, 1.807) is 19.1 Å². The number of carbonyl (C=O) groups excluding carboxylic acids is 1. The molecule has 0 bridgehead atoms. The number of rotatable bonds is 6. The number of aliphatic hydroxyl groups excluding tert-OH is 1. The van der Waals surface area contributed by atoms with Gasteiger partial charge in [-0.1, -0.05) is 43.7 Å². The lowest BCUT2D eigenvalue weighted by Gasteiger charge is -2.48. The predicted octanol–water partition coefficient (Wildman–Crippen LogP) is 6.24. The van der Waals surface area contributed by atoms with Crippen molar-refractivity contribution >= 4 is 11.5 Å². The maximum absolute atomic E-state index is 12.1. The van der Waals surface area contributed by atoms with E-state index in [0.29, 0.717) is 35.8 Å². The van der Waals surface area contributed by atoms with E-state index in [9.17, 15) is 15.0 Å². The fourth-order valence-corrected chi connectivity index (χ4v) is 5.64. The lowest BCUT2D eigenvalue weighted by molar-refractivity contribution is -0.331. The first-order valence-corrected chi connectivity index (χ1v) is 13.6. The first kappa shape index (κ1) is 27.6. The number of carbonyl (C=O) groups is 1. The van der Waals surface area contributed by atoms with E-state index in [1.165, 1.54) is 5.57 Å². The molecule has 1 aromatic rings. The summed E-state index contributed by atoms with van der Waals surface area (Å²) in [7, 11) is 0. The molecule has 6 atom stereocenters. The summed E-state index contributed by atoms with van der Waals surface area (Å²) in [6.07, 6.45) is 12.8. The molecule has 3 heterocycles. The Morgan fingerprint density at radius 2 is 2.03 bits per heavy atom. The molecule has 2 N–H and O–H groups in total. The number of hydrogen-bond acceptors (Lipinski definition) is 6. The maximum atomic E-state index is 12.1. The lowest BCUT2D eigenvalue weighted by atomic mass is 9.86. The Kier molecular flexibility index (Phi) is 8.62. The zero-order chi connectivity index (χ0) is 26.7. The van der Waals surface area contributed by atoms with Crippen LogP contribution in [0.3, 0.4) is 0 Å². The Morgan fingerprint density at radius 1 is 1.24 bits per heavy atom. The minimum Gasteiger partial charge on any atom is -0.508 e. The van der Waals surface area contributed by atoms with Crippen molar-refractivity contribution in [2.24, 2.45) is 11.8 Å². The summed E-state index contributed by atoms with van der Waals surface area (Å²) in [5, 5.41) is 20.6. The Bertz CT molecular complexity index is 1090. The van der Waals surface area contributed by atoms with Gasteiger partial charge in [-0.3, -0.25) is 0 Å². The molecule has 2 fully saturated rings. The molecule has 2 saturated heterocycles. The molecule has 3 aliphatic rings. The highest BCUT2D eigenvalue weighted by atomic mass is 16.7. The van der Waals surface area contributed by atoms with Gasteiger partial charge in [0.05, 0.1) is 23.9 Å². The van der Waals surface area contributed by atoms with Crippen LogP contribution in [-0.4, -0.2) is 46.9 Å². The highest BCUT2D eigenvalue weighted by molar-refractivity contribution is 5.99. The third-order valence-electron chi connectivity index (χ3n) is 8.02. The molecular weight excluding hydrogens is 468 g/mol. The summed E-state index contributed by atoms with van der Waals surface area (Å²) in [5.74, 6) is 0.0163. The van der Waals surface area contributed by atoms with Crippen molar-refractivity contribution in [3.8, 4) is 5.75 Å². The fourth-order valence-electron chi connectivity index (χ4n) is 5.64. The van der Waals surface area contributed by atoms with Crippen LogP contribution >= 0.6 is 0 Å².